The fourth-order valence-corrected chi connectivity index (χ4v) is 3.75. The number of para-hydroxylation sites is 2. The maximum atomic E-state index is 12.5. The first-order valence-electron chi connectivity index (χ1n) is 7.45. The zero-order chi connectivity index (χ0) is 16.4. The van der Waals surface area contributed by atoms with Crippen molar-refractivity contribution in [2.45, 2.75) is 23.8 Å². The van der Waals surface area contributed by atoms with Crippen molar-refractivity contribution in [3.63, 3.8) is 0 Å². The average molecular weight is 336 g/mol. The van der Waals surface area contributed by atoms with Crippen LogP contribution < -0.4 is 15.2 Å². The van der Waals surface area contributed by atoms with E-state index in [1.54, 1.807) is 13.2 Å². The van der Waals surface area contributed by atoms with Crippen LogP contribution in [0.25, 0.3) is 5.69 Å². The van der Waals surface area contributed by atoms with Crippen molar-refractivity contribution in [3.8, 4) is 11.4 Å². The number of hydrogen-bond acceptors (Lipinski definition) is 5. The third-order valence-corrected chi connectivity index (χ3v) is 5.40. The van der Waals surface area contributed by atoms with Gasteiger partial charge in [0.15, 0.2) is 0 Å². The third-order valence-electron chi connectivity index (χ3n) is 3.95. The van der Waals surface area contributed by atoms with Crippen LogP contribution in [0.1, 0.15) is 12.8 Å². The summed E-state index contributed by atoms with van der Waals surface area (Å²) in [4.78, 5) is 0.113. The molecule has 1 aromatic carbocycles. The Balaban J connectivity index is 1.86. The number of aromatic nitrogens is 2. The van der Waals surface area contributed by atoms with E-state index >= 15 is 0 Å². The van der Waals surface area contributed by atoms with E-state index in [0.717, 1.165) is 12.8 Å². The molecule has 0 bridgehead atoms. The minimum atomic E-state index is -3.64. The van der Waals surface area contributed by atoms with Gasteiger partial charge in [-0.3, -0.25) is 0 Å². The number of nitrogens with zero attached hydrogens (tertiary/aromatic N) is 2. The fourth-order valence-electron chi connectivity index (χ4n) is 2.50. The number of sulfonamides is 1. The van der Waals surface area contributed by atoms with Crippen molar-refractivity contribution in [2.75, 3.05) is 13.7 Å². The van der Waals surface area contributed by atoms with Crippen LogP contribution in [-0.2, 0) is 10.0 Å². The largest absolute Gasteiger partial charge is 0.494 e. The molecule has 3 rings (SSSR count). The predicted octanol–water partition coefficient (Wildman–Crippen LogP) is 0.896. The van der Waals surface area contributed by atoms with Crippen molar-refractivity contribution in [1.82, 2.24) is 14.5 Å². The lowest BCUT2D eigenvalue weighted by molar-refractivity contribution is 0.411. The molecule has 23 heavy (non-hydrogen) atoms. The first kappa shape index (κ1) is 16.0. The van der Waals surface area contributed by atoms with Gasteiger partial charge in [-0.15, -0.1) is 0 Å². The van der Waals surface area contributed by atoms with E-state index in [1.165, 1.54) is 17.1 Å². The van der Waals surface area contributed by atoms with Crippen molar-refractivity contribution >= 4 is 10.0 Å². The number of nitrogens with two attached hydrogens (primary N) is 1. The van der Waals surface area contributed by atoms with E-state index in [2.05, 4.69) is 9.82 Å². The molecule has 1 saturated carbocycles. The summed E-state index contributed by atoms with van der Waals surface area (Å²) in [6.45, 7) is 0.296. The summed E-state index contributed by atoms with van der Waals surface area (Å²) in [6, 6.07) is 7.06. The van der Waals surface area contributed by atoms with E-state index in [0.29, 0.717) is 23.9 Å². The third kappa shape index (κ3) is 3.39. The highest BCUT2D eigenvalue weighted by Crippen LogP contribution is 2.33. The van der Waals surface area contributed by atoms with Gasteiger partial charge in [0.1, 0.15) is 16.3 Å². The Morgan fingerprint density at radius 1 is 1.43 bits per heavy atom. The Labute approximate surface area is 135 Å². The molecule has 1 aromatic heterocycles. The number of methoxy groups -OCH3 is 1. The SMILES string of the molecule is COc1ccccc1-n1cc(S(=O)(=O)NC(CN)C2CC2)cn1. The summed E-state index contributed by atoms with van der Waals surface area (Å²) in [5.74, 6) is 0.962. The van der Waals surface area contributed by atoms with Gasteiger partial charge in [-0.05, 0) is 30.9 Å². The van der Waals surface area contributed by atoms with Gasteiger partial charge in [-0.25, -0.2) is 17.8 Å². The van der Waals surface area contributed by atoms with E-state index in [-0.39, 0.29) is 10.9 Å². The molecule has 124 valence electrons. The van der Waals surface area contributed by atoms with Crippen molar-refractivity contribution in [1.29, 1.82) is 0 Å². The minimum absolute atomic E-state index is 0.113. The number of hydrogen-bond donors (Lipinski definition) is 2. The molecule has 7 nitrogen and oxygen atoms in total. The Bertz CT molecular complexity index is 784. The molecule has 0 spiro atoms. The van der Waals surface area contributed by atoms with Gasteiger partial charge in [0, 0.05) is 12.6 Å². The van der Waals surface area contributed by atoms with E-state index in [4.69, 9.17) is 10.5 Å². The molecule has 1 fully saturated rings. The highest BCUT2D eigenvalue weighted by molar-refractivity contribution is 7.89. The summed E-state index contributed by atoms with van der Waals surface area (Å²) in [6.07, 6.45) is 4.84. The van der Waals surface area contributed by atoms with E-state index in [1.807, 2.05) is 18.2 Å². The number of ether oxygens (including phenoxy) is 1. The summed E-state index contributed by atoms with van der Waals surface area (Å²) in [5, 5.41) is 4.14. The average Bonchev–Trinajstić information content (AvgIpc) is 3.28. The van der Waals surface area contributed by atoms with Crippen LogP contribution in [0.2, 0.25) is 0 Å². The fraction of sp³-hybridized carbons (Fsp3) is 0.400. The number of benzene rings is 1. The second-order valence-corrected chi connectivity index (χ2v) is 7.31. The maximum absolute atomic E-state index is 12.5. The zero-order valence-corrected chi connectivity index (χ0v) is 13.7. The lowest BCUT2D eigenvalue weighted by Crippen LogP contribution is -2.41. The van der Waals surface area contributed by atoms with E-state index < -0.39 is 10.0 Å². The first-order chi connectivity index (χ1) is 11.0. The molecular weight excluding hydrogens is 316 g/mol. The van der Waals surface area contributed by atoms with Crippen LogP contribution in [0, 0.1) is 5.92 Å². The van der Waals surface area contributed by atoms with Crippen molar-refractivity contribution < 1.29 is 13.2 Å². The summed E-state index contributed by atoms with van der Waals surface area (Å²) in [5.41, 5.74) is 6.34. The Morgan fingerprint density at radius 2 is 2.17 bits per heavy atom. The quantitative estimate of drug-likeness (QED) is 0.782. The zero-order valence-electron chi connectivity index (χ0n) is 12.8. The van der Waals surface area contributed by atoms with E-state index in [9.17, 15) is 8.42 Å². The molecule has 3 N–H and O–H groups in total. The second-order valence-electron chi connectivity index (χ2n) is 5.59. The molecule has 2 aromatic rings. The lowest BCUT2D eigenvalue weighted by Gasteiger charge is -2.15. The van der Waals surface area contributed by atoms with Gasteiger partial charge in [-0.2, -0.15) is 5.10 Å². The molecule has 0 radical (unpaired) electrons. The van der Waals surface area contributed by atoms with Crippen LogP contribution in [0.4, 0.5) is 0 Å². The Morgan fingerprint density at radius 3 is 2.83 bits per heavy atom. The predicted molar refractivity (Wildman–Crippen MR) is 86.0 cm³/mol. The highest BCUT2D eigenvalue weighted by atomic mass is 32.2. The first-order valence-corrected chi connectivity index (χ1v) is 8.94. The molecule has 1 aliphatic carbocycles. The smallest absolute Gasteiger partial charge is 0.244 e. The van der Waals surface area contributed by atoms with Crippen LogP contribution in [0.5, 0.6) is 5.75 Å². The number of rotatable bonds is 7. The molecule has 0 aliphatic heterocycles. The maximum Gasteiger partial charge on any atom is 0.244 e. The normalized spacial score (nSPS) is 16.3. The highest BCUT2D eigenvalue weighted by Gasteiger charge is 2.33. The van der Waals surface area contributed by atoms with Gasteiger partial charge in [-0.1, -0.05) is 12.1 Å². The molecule has 1 heterocycles. The summed E-state index contributed by atoms with van der Waals surface area (Å²) in [7, 11) is -2.08. The van der Waals surface area contributed by atoms with Gasteiger partial charge in [0.05, 0.1) is 19.5 Å². The topological polar surface area (TPSA) is 99.2 Å². The molecule has 8 heteroatoms. The molecule has 1 aliphatic rings. The van der Waals surface area contributed by atoms with Crippen LogP contribution in [0.3, 0.4) is 0 Å². The Hall–Kier alpha value is -1.90. The second kappa shape index (κ2) is 6.31. The lowest BCUT2D eigenvalue weighted by atomic mass is 10.2. The standard InChI is InChI=1S/C15H20N4O3S/c1-22-15-5-3-2-4-14(15)19-10-12(9-17-19)23(20,21)18-13(8-16)11-6-7-11/h2-5,9-11,13,18H,6-8,16H2,1H3. The van der Waals surface area contributed by atoms with Crippen molar-refractivity contribution in [2.24, 2.45) is 11.7 Å². The number of nitrogens with one attached hydrogen (secondary N) is 1. The van der Waals surface area contributed by atoms with Crippen LogP contribution >= 0.6 is 0 Å². The molecule has 1 unspecified atom stereocenters. The van der Waals surface area contributed by atoms with Gasteiger partial charge < -0.3 is 10.5 Å². The minimum Gasteiger partial charge on any atom is -0.494 e. The summed E-state index contributed by atoms with van der Waals surface area (Å²) < 4.78 is 34.4. The molecule has 0 amide bonds. The Kier molecular flexibility index (Phi) is 4.38. The van der Waals surface area contributed by atoms with Crippen LogP contribution in [-0.4, -0.2) is 37.9 Å². The molecular formula is C15H20N4O3S. The van der Waals surface area contributed by atoms with Gasteiger partial charge >= 0.3 is 0 Å². The molecule has 1 atom stereocenters. The van der Waals surface area contributed by atoms with Crippen LogP contribution in [0.15, 0.2) is 41.6 Å². The van der Waals surface area contributed by atoms with Gasteiger partial charge in [0.2, 0.25) is 10.0 Å². The molecule has 0 saturated heterocycles. The van der Waals surface area contributed by atoms with Crippen molar-refractivity contribution in [3.05, 3.63) is 36.7 Å². The van der Waals surface area contributed by atoms with Gasteiger partial charge in [0.25, 0.3) is 0 Å². The summed E-state index contributed by atoms with van der Waals surface area (Å²) >= 11 is 0. The monoisotopic (exact) mass is 336 g/mol.